The van der Waals surface area contributed by atoms with Crippen LogP contribution in [0.3, 0.4) is 0 Å². The van der Waals surface area contributed by atoms with Crippen molar-refractivity contribution in [3.63, 3.8) is 0 Å². The first-order valence-electron chi connectivity index (χ1n) is 8.83. The number of hydrogen-bond donors (Lipinski definition) is 1. The molecule has 0 aliphatic carbocycles. The van der Waals surface area contributed by atoms with E-state index in [2.05, 4.69) is 10.3 Å². The maximum atomic E-state index is 12.9. The predicted octanol–water partition coefficient (Wildman–Crippen LogP) is 3.90. The van der Waals surface area contributed by atoms with Crippen LogP contribution in [-0.2, 0) is 11.0 Å². The highest BCUT2D eigenvalue weighted by Crippen LogP contribution is 2.32. The average Bonchev–Trinajstić information content (AvgIpc) is 2.69. The molecule has 1 saturated heterocycles. The van der Waals surface area contributed by atoms with Gasteiger partial charge in [0.2, 0.25) is 5.91 Å². The Bertz CT molecular complexity index is 838. The number of carbonyl (C=O) groups is 1. The number of halogens is 4. The maximum Gasteiger partial charge on any atom is 0.416 e. The zero-order valence-electron chi connectivity index (χ0n) is 15.2. The number of nitrogens with zero attached hydrogens (tertiary/aromatic N) is 3. The summed E-state index contributed by atoms with van der Waals surface area (Å²) >= 11 is 5.96. The smallest absolute Gasteiger partial charge is 0.369 e. The Hall–Kier alpha value is -2.32. The third kappa shape index (κ3) is 4.74. The Morgan fingerprint density at radius 2 is 1.89 bits per heavy atom. The molecule has 0 bridgehead atoms. The molecule has 1 aromatic heterocycles. The minimum absolute atomic E-state index is 0.206. The maximum absolute atomic E-state index is 12.9. The largest absolute Gasteiger partial charge is 0.416 e. The van der Waals surface area contributed by atoms with Gasteiger partial charge in [0.25, 0.3) is 0 Å². The molecule has 0 radical (unpaired) electrons. The van der Waals surface area contributed by atoms with Crippen molar-refractivity contribution in [1.29, 1.82) is 0 Å². The highest BCUT2D eigenvalue weighted by Gasteiger charge is 2.31. The van der Waals surface area contributed by atoms with Crippen LogP contribution in [0.4, 0.5) is 24.5 Å². The number of alkyl halides is 3. The SMILES string of the molecule is C[C@H](C(=O)Nc1cccnc1Cl)N1CCN(c2cccc(C(F)(F)F)c2)CC1. The molecule has 9 heteroatoms. The zero-order valence-corrected chi connectivity index (χ0v) is 16.0. The Labute approximate surface area is 166 Å². The van der Waals surface area contributed by atoms with Crippen molar-refractivity contribution in [2.45, 2.75) is 19.1 Å². The fourth-order valence-corrected chi connectivity index (χ4v) is 3.30. The van der Waals surface area contributed by atoms with Crippen LogP contribution in [0.1, 0.15) is 12.5 Å². The molecule has 0 spiro atoms. The fourth-order valence-electron chi connectivity index (χ4n) is 3.13. The number of piperazine rings is 1. The molecule has 1 aliphatic heterocycles. The molecule has 2 aromatic rings. The third-order valence-electron chi connectivity index (χ3n) is 4.80. The number of amides is 1. The second-order valence-electron chi connectivity index (χ2n) is 6.58. The van der Waals surface area contributed by atoms with Gasteiger partial charge in [0, 0.05) is 38.1 Å². The standard InChI is InChI=1S/C19H20ClF3N4O/c1-13(18(28)25-16-6-3-7-24-17(16)20)26-8-10-27(11-9-26)15-5-2-4-14(12-15)19(21,22)23/h2-7,12-13H,8-11H2,1H3,(H,25,28)/t13-/m1/s1. The third-order valence-corrected chi connectivity index (χ3v) is 5.10. The minimum Gasteiger partial charge on any atom is -0.369 e. The van der Waals surface area contributed by atoms with Gasteiger partial charge in [-0.3, -0.25) is 9.69 Å². The van der Waals surface area contributed by atoms with Crippen molar-refractivity contribution in [2.24, 2.45) is 0 Å². The monoisotopic (exact) mass is 412 g/mol. The van der Waals surface area contributed by atoms with Crippen molar-refractivity contribution in [3.8, 4) is 0 Å². The lowest BCUT2D eigenvalue weighted by molar-refractivity contribution is -0.137. The Balaban J connectivity index is 1.59. The van der Waals surface area contributed by atoms with Crippen molar-refractivity contribution in [2.75, 3.05) is 36.4 Å². The molecule has 0 saturated carbocycles. The molecule has 3 rings (SSSR count). The Morgan fingerprint density at radius 1 is 1.18 bits per heavy atom. The first kappa shape index (κ1) is 20.4. The fraction of sp³-hybridized carbons (Fsp3) is 0.368. The second kappa shape index (κ2) is 8.36. The van der Waals surface area contributed by atoms with Crippen LogP contribution in [0.25, 0.3) is 0 Å². The number of aromatic nitrogens is 1. The van der Waals surface area contributed by atoms with Gasteiger partial charge in [-0.1, -0.05) is 17.7 Å². The summed E-state index contributed by atoms with van der Waals surface area (Å²) in [5, 5.41) is 2.98. The second-order valence-corrected chi connectivity index (χ2v) is 6.94. The van der Waals surface area contributed by atoms with Crippen molar-refractivity contribution < 1.29 is 18.0 Å². The zero-order chi connectivity index (χ0) is 20.3. The summed E-state index contributed by atoms with van der Waals surface area (Å²) in [6, 6.07) is 8.26. The summed E-state index contributed by atoms with van der Waals surface area (Å²) < 4.78 is 38.7. The van der Waals surface area contributed by atoms with E-state index in [0.29, 0.717) is 37.6 Å². The molecule has 150 valence electrons. The first-order chi connectivity index (χ1) is 13.3. The van der Waals surface area contributed by atoms with Crippen LogP contribution < -0.4 is 10.2 Å². The Morgan fingerprint density at radius 3 is 2.54 bits per heavy atom. The number of nitrogens with one attached hydrogen (secondary N) is 1. The van der Waals surface area contributed by atoms with E-state index in [0.717, 1.165) is 12.1 Å². The molecule has 1 N–H and O–H groups in total. The van der Waals surface area contributed by atoms with Gasteiger partial charge in [-0.15, -0.1) is 0 Å². The summed E-state index contributed by atoms with van der Waals surface area (Å²) in [5.41, 5.74) is 0.325. The quantitative estimate of drug-likeness (QED) is 0.774. The van der Waals surface area contributed by atoms with Crippen molar-refractivity contribution >= 4 is 28.9 Å². The van der Waals surface area contributed by atoms with E-state index < -0.39 is 17.8 Å². The van der Waals surface area contributed by atoms with E-state index in [1.165, 1.54) is 12.3 Å². The molecule has 0 unspecified atom stereocenters. The van der Waals surface area contributed by atoms with Gasteiger partial charge in [-0.2, -0.15) is 13.2 Å². The highest BCUT2D eigenvalue weighted by molar-refractivity contribution is 6.32. The van der Waals surface area contributed by atoms with Gasteiger partial charge in [-0.05, 0) is 37.3 Å². The number of pyridine rings is 1. The minimum atomic E-state index is -4.36. The number of benzene rings is 1. The van der Waals surface area contributed by atoms with E-state index in [1.54, 1.807) is 25.1 Å². The first-order valence-corrected chi connectivity index (χ1v) is 9.21. The highest BCUT2D eigenvalue weighted by atomic mass is 35.5. The topological polar surface area (TPSA) is 48.5 Å². The summed E-state index contributed by atoms with van der Waals surface area (Å²) in [6.07, 6.45) is -2.83. The van der Waals surface area contributed by atoms with Crippen LogP contribution in [0.15, 0.2) is 42.6 Å². The van der Waals surface area contributed by atoms with E-state index >= 15 is 0 Å². The number of hydrogen-bond acceptors (Lipinski definition) is 4. The van der Waals surface area contributed by atoms with Crippen molar-refractivity contribution in [1.82, 2.24) is 9.88 Å². The molecule has 2 heterocycles. The van der Waals surface area contributed by atoms with Gasteiger partial charge >= 0.3 is 6.18 Å². The van der Waals surface area contributed by atoms with Crippen molar-refractivity contribution in [3.05, 3.63) is 53.3 Å². The van der Waals surface area contributed by atoms with Gasteiger partial charge in [-0.25, -0.2) is 4.98 Å². The van der Waals surface area contributed by atoms with Gasteiger partial charge in [0.15, 0.2) is 5.15 Å². The number of carbonyl (C=O) groups excluding carboxylic acids is 1. The van der Waals surface area contributed by atoms with Gasteiger partial charge < -0.3 is 10.2 Å². The van der Waals surface area contributed by atoms with E-state index in [1.807, 2.05) is 9.80 Å². The molecule has 5 nitrogen and oxygen atoms in total. The van der Waals surface area contributed by atoms with Crippen LogP contribution in [0, 0.1) is 0 Å². The summed E-state index contributed by atoms with van der Waals surface area (Å²) in [6.45, 7) is 3.98. The van der Waals surface area contributed by atoms with Gasteiger partial charge in [0.05, 0.1) is 17.3 Å². The number of rotatable bonds is 4. The van der Waals surface area contributed by atoms with E-state index in [-0.39, 0.29) is 11.1 Å². The molecule has 1 aromatic carbocycles. The number of anilines is 2. The van der Waals surface area contributed by atoms with Crippen LogP contribution >= 0.6 is 11.6 Å². The van der Waals surface area contributed by atoms with Crippen LogP contribution in [-0.4, -0.2) is 48.0 Å². The van der Waals surface area contributed by atoms with E-state index in [9.17, 15) is 18.0 Å². The van der Waals surface area contributed by atoms with Crippen LogP contribution in [0.5, 0.6) is 0 Å². The molecule has 28 heavy (non-hydrogen) atoms. The molecule has 1 amide bonds. The normalized spacial score (nSPS) is 16.7. The average molecular weight is 413 g/mol. The lowest BCUT2D eigenvalue weighted by atomic mass is 10.1. The molecule has 1 aliphatic rings. The van der Waals surface area contributed by atoms with Crippen LogP contribution in [0.2, 0.25) is 5.15 Å². The molecule has 1 atom stereocenters. The molecular weight excluding hydrogens is 393 g/mol. The molecular formula is C19H20ClF3N4O. The lowest BCUT2D eigenvalue weighted by Gasteiger charge is -2.38. The Kier molecular flexibility index (Phi) is 6.10. The van der Waals surface area contributed by atoms with Gasteiger partial charge in [0.1, 0.15) is 0 Å². The summed E-state index contributed by atoms with van der Waals surface area (Å²) in [7, 11) is 0. The molecule has 1 fully saturated rings. The van der Waals surface area contributed by atoms with E-state index in [4.69, 9.17) is 11.6 Å². The predicted molar refractivity (Wildman–Crippen MR) is 103 cm³/mol. The summed E-state index contributed by atoms with van der Waals surface area (Å²) in [5.74, 6) is -0.206. The summed E-state index contributed by atoms with van der Waals surface area (Å²) in [4.78, 5) is 20.3. The lowest BCUT2D eigenvalue weighted by Crippen LogP contribution is -2.52.